The van der Waals surface area contributed by atoms with Gasteiger partial charge in [-0.2, -0.15) is 13.2 Å². The number of nitrogens with one attached hydrogen (secondary N) is 1. The lowest BCUT2D eigenvalue weighted by molar-refractivity contribution is -0.136. The quantitative estimate of drug-likeness (QED) is 0.190. The van der Waals surface area contributed by atoms with Crippen molar-refractivity contribution in [1.29, 1.82) is 0 Å². The third kappa shape index (κ3) is 4.93. The standard InChI is InChI=1S/C30H20F4N2O/c31-26-15-5-4-10-21(26)17-35-22-12-6-11-20(16-22)27-23-13-7-14-25(30(32,33)34)28(23)36-18-24(27)29(37)19-8-2-1-3-9-19/h1-16,18,35H,17H2. The molecule has 0 saturated heterocycles. The maximum Gasteiger partial charge on any atom is 0.418 e. The fourth-order valence-corrected chi connectivity index (χ4v) is 4.30. The van der Waals surface area contributed by atoms with Crippen LogP contribution in [-0.4, -0.2) is 10.8 Å². The van der Waals surface area contributed by atoms with E-state index in [1.165, 1.54) is 24.4 Å². The minimum Gasteiger partial charge on any atom is -0.381 e. The van der Waals surface area contributed by atoms with E-state index in [1.807, 2.05) is 0 Å². The molecule has 184 valence electrons. The van der Waals surface area contributed by atoms with Gasteiger partial charge in [-0.3, -0.25) is 9.78 Å². The molecule has 0 unspecified atom stereocenters. The molecule has 0 radical (unpaired) electrons. The van der Waals surface area contributed by atoms with Gasteiger partial charge in [0.25, 0.3) is 0 Å². The van der Waals surface area contributed by atoms with Crippen LogP contribution in [0.15, 0.2) is 103 Å². The van der Waals surface area contributed by atoms with Crippen LogP contribution in [0.25, 0.3) is 22.0 Å². The number of carbonyl (C=O) groups excluding carboxylic acids is 1. The van der Waals surface area contributed by atoms with E-state index >= 15 is 0 Å². The maximum atomic E-state index is 14.1. The first-order valence-electron chi connectivity index (χ1n) is 11.5. The van der Waals surface area contributed by atoms with Crippen molar-refractivity contribution in [2.45, 2.75) is 12.7 Å². The summed E-state index contributed by atoms with van der Waals surface area (Å²) in [5.74, 6) is -0.700. The van der Waals surface area contributed by atoms with Crippen molar-refractivity contribution in [1.82, 2.24) is 4.98 Å². The molecule has 1 aromatic heterocycles. The van der Waals surface area contributed by atoms with Gasteiger partial charge in [0.05, 0.1) is 11.1 Å². The molecule has 5 aromatic rings. The molecule has 0 aliphatic rings. The number of para-hydroxylation sites is 1. The minimum atomic E-state index is -4.61. The van der Waals surface area contributed by atoms with Crippen LogP contribution < -0.4 is 5.32 Å². The molecule has 7 heteroatoms. The Balaban J connectivity index is 1.66. The second-order valence-electron chi connectivity index (χ2n) is 8.47. The van der Waals surface area contributed by atoms with E-state index in [1.54, 1.807) is 72.8 Å². The molecule has 1 N–H and O–H groups in total. The maximum absolute atomic E-state index is 14.1. The number of alkyl halides is 3. The van der Waals surface area contributed by atoms with Crippen molar-refractivity contribution < 1.29 is 22.4 Å². The van der Waals surface area contributed by atoms with Crippen LogP contribution in [0.1, 0.15) is 27.0 Å². The van der Waals surface area contributed by atoms with Crippen LogP contribution in [0.5, 0.6) is 0 Å². The second kappa shape index (κ2) is 9.85. The number of carbonyl (C=O) groups is 1. The predicted molar refractivity (Wildman–Crippen MR) is 136 cm³/mol. The topological polar surface area (TPSA) is 42.0 Å². The van der Waals surface area contributed by atoms with Crippen molar-refractivity contribution >= 4 is 22.4 Å². The average molecular weight is 500 g/mol. The molecule has 0 saturated carbocycles. The van der Waals surface area contributed by atoms with Crippen LogP contribution in [0, 0.1) is 5.82 Å². The molecule has 0 atom stereocenters. The Morgan fingerprint density at radius 3 is 2.32 bits per heavy atom. The molecule has 5 rings (SSSR count). The molecule has 0 spiro atoms. The van der Waals surface area contributed by atoms with Gasteiger partial charge in [0, 0.05) is 46.1 Å². The molecule has 0 aliphatic carbocycles. The molecule has 0 amide bonds. The number of anilines is 1. The van der Waals surface area contributed by atoms with Crippen LogP contribution in [0.3, 0.4) is 0 Å². The van der Waals surface area contributed by atoms with Crippen LogP contribution in [0.2, 0.25) is 0 Å². The number of benzene rings is 4. The molecule has 4 aromatic carbocycles. The summed E-state index contributed by atoms with van der Waals surface area (Å²) in [7, 11) is 0. The monoisotopic (exact) mass is 500 g/mol. The van der Waals surface area contributed by atoms with Gasteiger partial charge in [0.2, 0.25) is 0 Å². The first kappa shape index (κ1) is 24.2. The number of pyridine rings is 1. The van der Waals surface area contributed by atoms with E-state index in [-0.39, 0.29) is 34.6 Å². The lowest BCUT2D eigenvalue weighted by atomic mass is 9.91. The first-order valence-corrected chi connectivity index (χ1v) is 11.5. The summed E-state index contributed by atoms with van der Waals surface area (Å²) in [6.07, 6.45) is -3.40. The van der Waals surface area contributed by atoms with Gasteiger partial charge in [-0.05, 0) is 29.8 Å². The van der Waals surface area contributed by atoms with Crippen molar-refractivity contribution in [3.05, 3.63) is 131 Å². The van der Waals surface area contributed by atoms with Crippen molar-refractivity contribution in [3.63, 3.8) is 0 Å². The zero-order valence-electron chi connectivity index (χ0n) is 19.4. The SMILES string of the molecule is O=C(c1ccccc1)c1cnc2c(C(F)(F)F)cccc2c1-c1cccc(NCc2ccccc2F)c1. The highest BCUT2D eigenvalue weighted by Gasteiger charge is 2.34. The summed E-state index contributed by atoms with van der Waals surface area (Å²) in [5.41, 5.74) is 1.44. The Hall–Kier alpha value is -4.52. The highest BCUT2D eigenvalue weighted by molar-refractivity contribution is 6.16. The lowest BCUT2D eigenvalue weighted by Gasteiger charge is -2.17. The molecule has 0 aliphatic heterocycles. The van der Waals surface area contributed by atoms with Crippen molar-refractivity contribution in [2.75, 3.05) is 5.32 Å². The van der Waals surface area contributed by atoms with Gasteiger partial charge in [0.15, 0.2) is 5.78 Å². The Morgan fingerprint density at radius 1 is 0.838 bits per heavy atom. The summed E-state index contributed by atoms with van der Waals surface area (Å²) in [4.78, 5) is 17.6. The normalized spacial score (nSPS) is 11.5. The van der Waals surface area contributed by atoms with E-state index in [2.05, 4.69) is 10.3 Å². The summed E-state index contributed by atoms with van der Waals surface area (Å²) >= 11 is 0. The van der Waals surface area contributed by atoms with Gasteiger partial charge >= 0.3 is 6.18 Å². The lowest BCUT2D eigenvalue weighted by Crippen LogP contribution is -2.09. The van der Waals surface area contributed by atoms with Crippen LogP contribution in [-0.2, 0) is 12.7 Å². The second-order valence-corrected chi connectivity index (χ2v) is 8.47. The smallest absolute Gasteiger partial charge is 0.381 e. The molecular formula is C30H20F4N2O. The predicted octanol–water partition coefficient (Wildman–Crippen LogP) is 7.90. The minimum absolute atomic E-state index is 0.185. The van der Waals surface area contributed by atoms with Crippen molar-refractivity contribution in [2.24, 2.45) is 0 Å². The Morgan fingerprint density at radius 2 is 1.57 bits per heavy atom. The number of fused-ring (bicyclic) bond motifs is 1. The summed E-state index contributed by atoms with van der Waals surface area (Å²) in [5, 5.41) is 3.37. The number of aromatic nitrogens is 1. The van der Waals surface area contributed by atoms with Crippen molar-refractivity contribution in [3.8, 4) is 11.1 Å². The van der Waals surface area contributed by atoms with Crippen LogP contribution >= 0.6 is 0 Å². The molecule has 37 heavy (non-hydrogen) atoms. The molecular weight excluding hydrogens is 480 g/mol. The third-order valence-corrected chi connectivity index (χ3v) is 6.08. The van der Waals surface area contributed by atoms with E-state index in [0.717, 1.165) is 6.07 Å². The van der Waals surface area contributed by atoms with E-state index < -0.39 is 11.7 Å². The summed E-state index contributed by atoms with van der Waals surface area (Å²) in [6.45, 7) is 0.210. The van der Waals surface area contributed by atoms with Gasteiger partial charge < -0.3 is 5.32 Å². The number of nitrogens with zero attached hydrogens (tertiary/aromatic N) is 1. The highest BCUT2D eigenvalue weighted by Crippen LogP contribution is 2.39. The van der Waals surface area contributed by atoms with Gasteiger partial charge in [0.1, 0.15) is 5.82 Å². The number of hydrogen-bond donors (Lipinski definition) is 1. The fourth-order valence-electron chi connectivity index (χ4n) is 4.30. The van der Waals surface area contributed by atoms with E-state index in [4.69, 9.17) is 0 Å². The molecule has 1 heterocycles. The van der Waals surface area contributed by atoms with E-state index in [9.17, 15) is 22.4 Å². The van der Waals surface area contributed by atoms with Gasteiger partial charge in [-0.1, -0.05) is 72.8 Å². The first-order chi connectivity index (χ1) is 17.8. The Bertz CT molecular complexity index is 1600. The fraction of sp³-hybridized carbons (Fsp3) is 0.0667. The van der Waals surface area contributed by atoms with Gasteiger partial charge in [-0.25, -0.2) is 4.39 Å². The zero-order valence-corrected chi connectivity index (χ0v) is 19.4. The summed E-state index contributed by atoms with van der Waals surface area (Å²) in [6, 6.07) is 25.7. The number of ketones is 1. The summed E-state index contributed by atoms with van der Waals surface area (Å²) < 4.78 is 55.4. The average Bonchev–Trinajstić information content (AvgIpc) is 2.91. The van der Waals surface area contributed by atoms with Gasteiger partial charge in [-0.15, -0.1) is 0 Å². The number of halogens is 4. The number of hydrogen-bond acceptors (Lipinski definition) is 3. The van der Waals surface area contributed by atoms with E-state index in [0.29, 0.717) is 27.9 Å². The molecule has 0 fully saturated rings. The third-order valence-electron chi connectivity index (χ3n) is 6.08. The van der Waals surface area contributed by atoms with Crippen LogP contribution in [0.4, 0.5) is 23.2 Å². The Labute approximate surface area is 210 Å². The number of rotatable bonds is 6. The largest absolute Gasteiger partial charge is 0.418 e. The molecule has 0 bridgehead atoms. The zero-order chi connectivity index (χ0) is 26.0. The highest BCUT2D eigenvalue weighted by atomic mass is 19.4. The molecule has 3 nitrogen and oxygen atoms in total. The Kier molecular flexibility index (Phi) is 6.44.